The summed E-state index contributed by atoms with van der Waals surface area (Å²) in [6.07, 6.45) is 0.857. The van der Waals surface area contributed by atoms with Gasteiger partial charge >= 0.3 is 0 Å². The van der Waals surface area contributed by atoms with Gasteiger partial charge in [0.2, 0.25) is 0 Å². The number of nitrogens with zero attached hydrogens (tertiary/aromatic N) is 2. The number of hydrogen-bond acceptors (Lipinski definition) is 6. The van der Waals surface area contributed by atoms with Gasteiger partial charge in [0, 0.05) is 30.1 Å². The first kappa shape index (κ1) is 25.2. The summed E-state index contributed by atoms with van der Waals surface area (Å²) >= 11 is 7.68. The first-order valence-corrected chi connectivity index (χ1v) is 11.5. The number of ether oxygens (including phenoxy) is 1. The Morgan fingerprint density at radius 3 is 2.74 bits per heavy atom. The van der Waals surface area contributed by atoms with Gasteiger partial charge in [-0.25, -0.2) is 0 Å². The van der Waals surface area contributed by atoms with Crippen LogP contribution in [0.4, 0.5) is 5.69 Å². The zero-order valence-electron chi connectivity index (χ0n) is 17.8. The van der Waals surface area contributed by atoms with Gasteiger partial charge in [0.05, 0.1) is 11.6 Å². The van der Waals surface area contributed by atoms with Crippen LogP contribution in [0.15, 0.2) is 47.5 Å². The molecule has 2 N–H and O–H groups in total. The Bertz CT molecular complexity index is 878. The minimum atomic E-state index is -0.938. The second-order valence-electron chi connectivity index (χ2n) is 6.91. The SMILES string of the molecule is CCCN=C1SCCN1c1ccccc1C.O=Cc1ccc(OC[C@H](O)CO)c(Cl)c1. The minimum Gasteiger partial charge on any atom is -0.489 e. The van der Waals surface area contributed by atoms with E-state index in [2.05, 4.69) is 48.0 Å². The Morgan fingerprint density at radius 1 is 1.32 bits per heavy atom. The summed E-state index contributed by atoms with van der Waals surface area (Å²) in [6.45, 7) is 5.93. The molecule has 1 heterocycles. The van der Waals surface area contributed by atoms with Gasteiger partial charge in [0.1, 0.15) is 24.7 Å². The van der Waals surface area contributed by atoms with Gasteiger partial charge in [-0.15, -0.1) is 0 Å². The molecule has 2 aromatic rings. The van der Waals surface area contributed by atoms with Crippen LogP contribution in [-0.2, 0) is 0 Å². The molecule has 0 aromatic heterocycles. The average molecular weight is 465 g/mol. The number of carbonyl (C=O) groups is 1. The Labute approximate surface area is 192 Å². The third-order valence-corrected chi connectivity index (χ3v) is 5.68. The van der Waals surface area contributed by atoms with E-state index < -0.39 is 6.10 Å². The van der Waals surface area contributed by atoms with E-state index in [4.69, 9.17) is 26.6 Å². The van der Waals surface area contributed by atoms with Crippen LogP contribution in [0.2, 0.25) is 5.02 Å². The fourth-order valence-corrected chi connectivity index (χ4v) is 4.00. The van der Waals surface area contributed by atoms with Gasteiger partial charge < -0.3 is 19.8 Å². The van der Waals surface area contributed by atoms with E-state index in [0.717, 1.165) is 25.3 Å². The molecule has 3 rings (SSSR count). The van der Waals surface area contributed by atoms with Crippen molar-refractivity contribution in [3.63, 3.8) is 0 Å². The number of thioether (sulfide) groups is 1. The molecule has 0 unspecified atom stereocenters. The maximum atomic E-state index is 10.4. The molecule has 0 aliphatic carbocycles. The number of aliphatic imine (C=N–C) groups is 1. The predicted molar refractivity (Wildman–Crippen MR) is 129 cm³/mol. The molecule has 31 heavy (non-hydrogen) atoms. The van der Waals surface area contributed by atoms with E-state index in [1.54, 1.807) is 6.07 Å². The number of halogens is 1. The number of benzene rings is 2. The van der Waals surface area contributed by atoms with E-state index >= 15 is 0 Å². The normalized spacial score (nSPS) is 15.4. The standard InChI is InChI=1S/C13H18N2S.C10H11ClO4/c1-3-8-14-13-15(9-10-16-13)12-7-5-4-6-11(12)2;11-9-3-7(4-12)1-2-10(9)15-6-8(14)5-13/h4-7H,3,8-10H2,1-2H3;1-4,8,13-14H,5-6H2/t;8-/m.1/s1. The monoisotopic (exact) mass is 464 g/mol. The van der Waals surface area contributed by atoms with Gasteiger partial charge in [-0.05, 0) is 43.2 Å². The lowest BCUT2D eigenvalue weighted by molar-refractivity contribution is 0.0536. The summed E-state index contributed by atoms with van der Waals surface area (Å²) in [7, 11) is 0. The number of rotatable bonds is 8. The topological polar surface area (TPSA) is 82.4 Å². The molecular formula is C23H29ClN2O4S. The summed E-state index contributed by atoms with van der Waals surface area (Å²) in [6, 6.07) is 13.1. The molecule has 1 atom stereocenters. The fourth-order valence-electron chi connectivity index (χ4n) is 2.78. The first-order valence-electron chi connectivity index (χ1n) is 10.2. The van der Waals surface area contributed by atoms with Crippen LogP contribution in [0, 0.1) is 6.92 Å². The van der Waals surface area contributed by atoms with E-state index in [0.29, 0.717) is 22.6 Å². The van der Waals surface area contributed by atoms with E-state index in [1.807, 2.05) is 11.8 Å². The summed E-state index contributed by atoms with van der Waals surface area (Å²) in [5, 5.41) is 19.1. The maximum absolute atomic E-state index is 10.4. The van der Waals surface area contributed by atoms with E-state index in [9.17, 15) is 4.79 Å². The highest BCUT2D eigenvalue weighted by atomic mass is 35.5. The van der Waals surface area contributed by atoms with Crippen LogP contribution in [0.25, 0.3) is 0 Å². The van der Waals surface area contributed by atoms with Gasteiger partial charge in [-0.3, -0.25) is 9.79 Å². The lowest BCUT2D eigenvalue weighted by Gasteiger charge is -2.20. The van der Waals surface area contributed by atoms with Crippen LogP contribution in [0.3, 0.4) is 0 Å². The zero-order chi connectivity index (χ0) is 22.6. The molecular weight excluding hydrogens is 436 g/mol. The van der Waals surface area contributed by atoms with Crippen molar-refractivity contribution >= 4 is 40.5 Å². The average Bonchev–Trinajstić information content (AvgIpc) is 3.25. The number of para-hydroxylation sites is 1. The third kappa shape index (κ3) is 7.85. The Hall–Kier alpha value is -2.06. The van der Waals surface area contributed by atoms with Crippen LogP contribution in [0.5, 0.6) is 5.75 Å². The number of aldehydes is 1. The van der Waals surface area contributed by atoms with Crippen molar-refractivity contribution in [2.75, 3.05) is 37.0 Å². The third-order valence-electron chi connectivity index (χ3n) is 4.39. The van der Waals surface area contributed by atoms with Crippen LogP contribution in [-0.4, -0.2) is 59.8 Å². The molecule has 0 spiro atoms. The second-order valence-corrected chi connectivity index (χ2v) is 8.38. The quantitative estimate of drug-likeness (QED) is 0.570. The summed E-state index contributed by atoms with van der Waals surface area (Å²) in [5.41, 5.74) is 3.09. The Kier molecular flexibility index (Phi) is 10.9. The van der Waals surface area contributed by atoms with E-state index in [-0.39, 0.29) is 13.2 Å². The van der Waals surface area contributed by atoms with Crippen molar-refractivity contribution in [3.05, 3.63) is 58.6 Å². The van der Waals surface area contributed by atoms with E-state index in [1.165, 1.54) is 28.6 Å². The number of carbonyl (C=O) groups excluding carboxylic acids is 1. The highest BCUT2D eigenvalue weighted by molar-refractivity contribution is 8.14. The molecule has 0 saturated carbocycles. The number of aliphatic hydroxyl groups excluding tert-OH is 2. The highest BCUT2D eigenvalue weighted by Gasteiger charge is 2.21. The van der Waals surface area contributed by atoms with Gasteiger partial charge in [0.25, 0.3) is 0 Å². The molecule has 0 radical (unpaired) electrons. The second kappa shape index (κ2) is 13.4. The molecule has 0 amide bonds. The highest BCUT2D eigenvalue weighted by Crippen LogP contribution is 2.28. The molecule has 0 bridgehead atoms. The lowest BCUT2D eigenvalue weighted by Crippen LogP contribution is -2.24. The molecule has 1 fully saturated rings. The first-order chi connectivity index (χ1) is 15.0. The van der Waals surface area contributed by atoms with Crippen LogP contribution in [0.1, 0.15) is 29.3 Å². The van der Waals surface area contributed by atoms with Crippen molar-refractivity contribution in [3.8, 4) is 5.75 Å². The molecule has 8 heteroatoms. The van der Waals surface area contributed by atoms with Crippen LogP contribution >= 0.6 is 23.4 Å². The van der Waals surface area contributed by atoms with Crippen molar-refractivity contribution < 1.29 is 19.7 Å². The fraction of sp³-hybridized carbons (Fsp3) is 0.391. The predicted octanol–water partition coefficient (Wildman–Crippen LogP) is 4.20. The molecule has 168 valence electrons. The van der Waals surface area contributed by atoms with Crippen molar-refractivity contribution in [1.29, 1.82) is 0 Å². The number of hydrogen-bond donors (Lipinski definition) is 2. The molecule has 1 aliphatic rings. The van der Waals surface area contributed by atoms with Crippen molar-refractivity contribution in [1.82, 2.24) is 0 Å². The summed E-state index contributed by atoms with van der Waals surface area (Å²) < 4.78 is 5.13. The molecule has 1 saturated heterocycles. The Balaban J connectivity index is 0.000000221. The molecule has 2 aromatic carbocycles. The van der Waals surface area contributed by atoms with Gasteiger partial charge in [-0.1, -0.05) is 48.5 Å². The van der Waals surface area contributed by atoms with Gasteiger partial charge in [-0.2, -0.15) is 0 Å². The molecule has 6 nitrogen and oxygen atoms in total. The number of anilines is 1. The van der Waals surface area contributed by atoms with Crippen molar-refractivity contribution in [2.24, 2.45) is 4.99 Å². The maximum Gasteiger partial charge on any atom is 0.163 e. The zero-order valence-corrected chi connectivity index (χ0v) is 19.4. The number of aryl methyl sites for hydroxylation is 1. The minimum absolute atomic E-state index is 0.0450. The number of aliphatic hydroxyl groups is 2. The molecule has 1 aliphatic heterocycles. The largest absolute Gasteiger partial charge is 0.489 e. The lowest BCUT2D eigenvalue weighted by atomic mass is 10.2. The summed E-state index contributed by atoms with van der Waals surface area (Å²) in [4.78, 5) is 17.4. The summed E-state index contributed by atoms with van der Waals surface area (Å²) in [5.74, 6) is 1.52. The smallest absolute Gasteiger partial charge is 0.163 e. The van der Waals surface area contributed by atoms with Gasteiger partial charge in [0.15, 0.2) is 5.17 Å². The van der Waals surface area contributed by atoms with Crippen molar-refractivity contribution in [2.45, 2.75) is 26.4 Å². The number of amidine groups is 1. The van der Waals surface area contributed by atoms with Crippen LogP contribution < -0.4 is 9.64 Å². The Morgan fingerprint density at radius 2 is 2.10 bits per heavy atom.